The van der Waals surface area contributed by atoms with Crippen LogP contribution in [-0.4, -0.2) is 58.7 Å². The molecule has 0 amide bonds. The SMILES string of the molecule is Cc1nsc(N2CCCN(CCCCCO)CC2)n1. The quantitative estimate of drug-likeness (QED) is 0.803. The normalized spacial score (nSPS) is 17.7. The molecule has 1 saturated heterocycles. The van der Waals surface area contributed by atoms with Gasteiger partial charge in [0.2, 0.25) is 5.13 Å². The molecule has 0 saturated carbocycles. The lowest BCUT2D eigenvalue weighted by atomic mass is 10.2. The lowest BCUT2D eigenvalue weighted by Crippen LogP contribution is -2.31. The number of aliphatic hydroxyl groups is 1. The molecule has 1 aliphatic rings. The lowest BCUT2D eigenvalue weighted by Gasteiger charge is -2.21. The van der Waals surface area contributed by atoms with Gasteiger partial charge in [-0.05, 0) is 45.7 Å². The van der Waals surface area contributed by atoms with Crippen molar-refractivity contribution in [1.82, 2.24) is 14.3 Å². The third kappa shape index (κ3) is 4.71. The molecule has 2 rings (SSSR count). The first-order valence-corrected chi connectivity index (χ1v) is 7.95. The minimum Gasteiger partial charge on any atom is -0.396 e. The molecular formula is C13H24N4OS. The molecule has 6 heteroatoms. The average Bonchev–Trinajstić information content (AvgIpc) is 2.71. The predicted molar refractivity (Wildman–Crippen MR) is 78.9 cm³/mol. The standard InChI is InChI=1S/C13H24N4OS/c1-12-14-13(19-15-12)17-8-5-7-16(9-10-17)6-3-2-4-11-18/h18H,2-11H2,1H3. The van der Waals surface area contributed by atoms with E-state index in [-0.39, 0.29) is 0 Å². The van der Waals surface area contributed by atoms with Gasteiger partial charge in [-0.3, -0.25) is 0 Å². The first kappa shape index (κ1) is 14.7. The maximum absolute atomic E-state index is 8.78. The van der Waals surface area contributed by atoms with E-state index in [9.17, 15) is 0 Å². The maximum Gasteiger partial charge on any atom is 0.205 e. The predicted octanol–water partition coefficient (Wildman–Crippen LogP) is 1.52. The van der Waals surface area contributed by atoms with E-state index in [0.29, 0.717) is 6.61 Å². The van der Waals surface area contributed by atoms with Gasteiger partial charge in [0.25, 0.3) is 0 Å². The summed E-state index contributed by atoms with van der Waals surface area (Å²) in [4.78, 5) is 9.37. The first-order chi connectivity index (χ1) is 9.29. The minimum absolute atomic E-state index is 0.324. The highest BCUT2D eigenvalue weighted by Gasteiger charge is 2.17. The molecule has 108 valence electrons. The number of unbranched alkanes of at least 4 members (excludes halogenated alkanes) is 2. The van der Waals surface area contributed by atoms with Crippen LogP contribution in [0.4, 0.5) is 5.13 Å². The Morgan fingerprint density at radius 2 is 2.05 bits per heavy atom. The van der Waals surface area contributed by atoms with Crippen molar-refractivity contribution in [2.45, 2.75) is 32.6 Å². The number of hydrogen-bond acceptors (Lipinski definition) is 6. The molecule has 0 radical (unpaired) electrons. The highest BCUT2D eigenvalue weighted by molar-refractivity contribution is 7.09. The summed E-state index contributed by atoms with van der Waals surface area (Å²) in [6.07, 6.45) is 4.45. The first-order valence-electron chi connectivity index (χ1n) is 7.18. The zero-order valence-corrected chi connectivity index (χ0v) is 12.5. The Hall–Kier alpha value is -0.720. The molecule has 0 aromatic carbocycles. The Morgan fingerprint density at radius 1 is 1.16 bits per heavy atom. The number of anilines is 1. The van der Waals surface area contributed by atoms with Crippen LogP contribution in [0, 0.1) is 6.92 Å². The summed E-state index contributed by atoms with van der Waals surface area (Å²) in [5, 5.41) is 9.85. The molecule has 0 atom stereocenters. The van der Waals surface area contributed by atoms with E-state index in [1.807, 2.05) is 6.92 Å². The van der Waals surface area contributed by atoms with Gasteiger partial charge in [-0.1, -0.05) is 0 Å². The van der Waals surface area contributed by atoms with E-state index in [2.05, 4.69) is 19.2 Å². The van der Waals surface area contributed by atoms with E-state index in [1.165, 1.54) is 30.9 Å². The summed E-state index contributed by atoms with van der Waals surface area (Å²) in [5.74, 6) is 0.880. The van der Waals surface area contributed by atoms with Crippen LogP contribution < -0.4 is 4.90 Å². The van der Waals surface area contributed by atoms with Gasteiger partial charge >= 0.3 is 0 Å². The van der Waals surface area contributed by atoms with Crippen LogP contribution in [0.25, 0.3) is 0 Å². The van der Waals surface area contributed by atoms with Crippen molar-refractivity contribution in [3.63, 3.8) is 0 Å². The van der Waals surface area contributed by atoms with Crippen LogP contribution in [0.15, 0.2) is 0 Å². The number of aliphatic hydroxyl groups excluding tert-OH is 1. The molecule has 5 nitrogen and oxygen atoms in total. The Balaban J connectivity index is 1.75. The second-order valence-electron chi connectivity index (χ2n) is 5.09. The molecule has 19 heavy (non-hydrogen) atoms. The summed E-state index contributed by atoms with van der Waals surface area (Å²) >= 11 is 1.51. The fraction of sp³-hybridized carbons (Fsp3) is 0.846. The van der Waals surface area contributed by atoms with Crippen molar-refractivity contribution < 1.29 is 5.11 Å². The van der Waals surface area contributed by atoms with E-state index >= 15 is 0 Å². The topological polar surface area (TPSA) is 52.5 Å². The summed E-state index contributed by atoms with van der Waals surface area (Å²) in [6.45, 7) is 7.85. The third-order valence-electron chi connectivity index (χ3n) is 3.51. The Morgan fingerprint density at radius 3 is 2.79 bits per heavy atom. The van der Waals surface area contributed by atoms with E-state index in [4.69, 9.17) is 5.11 Å². The molecule has 1 N–H and O–H groups in total. The van der Waals surface area contributed by atoms with Crippen molar-refractivity contribution in [2.75, 3.05) is 44.2 Å². The van der Waals surface area contributed by atoms with Crippen molar-refractivity contribution in [1.29, 1.82) is 0 Å². The number of rotatable bonds is 6. The lowest BCUT2D eigenvalue weighted by molar-refractivity contribution is 0.262. The van der Waals surface area contributed by atoms with Crippen LogP contribution in [0.5, 0.6) is 0 Å². The summed E-state index contributed by atoms with van der Waals surface area (Å²) in [7, 11) is 0. The molecule has 1 aromatic heterocycles. The second kappa shape index (κ2) is 7.77. The van der Waals surface area contributed by atoms with Crippen LogP contribution in [0.1, 0.15) is 31.5 Å². The van der Waals surface area contributed by atoms with Gasteiger partial charge in [0, 0.05) is 37.8 Å². The average molecular weight is 284 g/mol. The van der Waals surface area contributed by atoms with Crippen LogP contribution in [-0.2, 0) is 0 Å². The molecule has 0 spiro atoms. The maximum atomic E-state index is 8.78. The van der Waals surface area contributed by atoms with Crippen molar-refractivity contribution in [3.05, 3.63) is 5.82 Å². The van der Waals surface area contributed by atoms with Gasteiger partial charge in [0.1, 0.15) is 5.82 Å². The molecule has 0 aliphatic carbocycles. The van der Waals surface area contributed by atoms with E-state index in [1.54, 1.807) is 0 Å². The van der Waals surface area contributed by atoms with Crippen LogP contribution in [0.2, 0.25) is 0 Å². The van der Waals surface area contributed by atoms with E-state index < -0.39 is 0 Å². The molecule has 0 unspecified atom stereocenters. The molecular weight excluding hydrogens is 260 g/mol. The summed E-state index contributed by atoms with van der Waals surface area (Å²) in [5.41, 5.74) is 0. The molecule has 1 fully saturated rings. The highest BCUT2D eigenvalue weighted by atomic mass is 32.1. The zero-order valence-electron chi connectivity index (χ0n) is 11.7. The van der Waals surface area contributed by atoms with Crippen molar-refractivity contribution >= 4 is 16.7 Å². The largest absolute Gasteiger partial charge is 0.396 e. The van der Waals surface area contributed by atoms with Crippen LogP contribution in [0.3, 0.4) is 0 Å². The fourth-order valence-electron chi connectivity index (χ4n) is 2.42. The smallest absolute Gasteiger partial charge is 0.205 e. The number of hydrogen-bond donors (Lipinski definition) is 1. The van der Waals surface area contributed by atoms with Crippen LogP contribution >= 0.6 is 11.5 Å². The monoisotopic (exact) mass is 284 g/mol. The van der Waals surface area contributed by atoms with Gasteiger partial charge in [-0.15, -0.1) is 0 Å². The molecule has 2 heterocycles. The minimum atomic E-state index is 0.324. The van der Waals surface area contributed by atoms with Gasteiger partial charge in [-0.25, -0.2) is 4.98 Å². The Kier molecular flexibility index (Phi) is 6.00. The number of aryl methyl sites for hydroxylation is 1. The van der Waals surface area contributed by atoms with Gasteiger partial charge in [-0.2, -0.15) is 4.37 Å². The van der Waals surface area contributed by atoms with E-state index in [0.717, 1.165) is 50.0 Å². The van der Waals surface area contributed by atoms with Gasteiger partial charge < -0.3 is 14.9 Å². The second-order valence-corrected chi connectivity index (χ2v) is 5.82. The number of nitrogens with zero attached hydrogens (tertiary/aromatic N) is 4. The number of aromatic nitrogens is 2. The molecule has 1 aromatic rings. The highest BCUT2D eigenvalue weighted by Crippen LogP contribution is 2.18. The summed E-state index contributed by atoms with van der Waals surface area (Å²) < 4.78 is 4.26. The Labute approximate surface area is 119 Å². The van der Waals surface area contributed by atoms with Gasteiger partial charge in [0.15, 0.2) is 0 Å². The fourth-order valence-corrected chi connectivity index (χ4v) is 3.15. The van der Waals surface area contributed by atoms with Crippen molar-refractivity contribution in [3.8, 4) is 0 Å². The Bertz CT molecular complexity index is 371. The third-order valence-corrected chi connectivity index (χ3v) is 4.38. The van der Waals surface area contributed by atoms with Crippen molar-refractivity contribution in [2.24, 2.45) is 0 Å². The van der Waals surface area contributed by atoms with Gasteiger partial charge in [0.05, 0.1) is 0 Å². The molecule has 1 aliphatic heterocycles. The summed E-state index contributed by atoms with van der Waals surface area (Å²) in [6, 6.07) is 0. The zero-order chi connectivity index (χ0) is 13.5. The molecule has 0 bridgehead atoms.